The van der Waals surface area contributed by atoms with Gasteiger partial charge in [-0.1, -0.05) is 24.3 Å². The molecule has 3 aliphatic rings. The lowest BCUT2D eigenvalue weighted by molar-refractivity contribution is 0.173. The minimum Gasteiger partial charge on any atom is -0.492 e. The number of hydrogen-bond donors (Lipinski definition) is 1. The highest BCUT2D eigenvalue weighted by Crippen LogP contribution is 2.54. The van der Waals surface area contributed by atoms with E-state index >= 15 is 0 Å². The zero-order valence-electron chi connectivity index (χ0n) is 18.1. The van der Waals surface area contributed by atoms with Crippen LogP contribution in [-0.4, -0.2) is 33.0 Å². The summed E-state index contributed by atoms with van der Waals surface area (Å²) in [5.41, 5.74) is 3.87. The molecular formula is C26H24F2N2O3. The zero-order valence-corrected chi connectivity index (χ0v) is 18.1. The van der Waals surface area contributed by atoms with Gasteiger partial charge in [-0.3, -0.25) is 0 Å². The fraction of sp³-hybridized carbons (Fsp3) is 0.308. The van der Waals surface area contributed by atoms with E-state index in [0.717, 1.165) is 54.9 Å². The fourth-order valence-corrected chi connectivity index (χ4v) is 5.18. The average Bonchev–Trinajstić information content (AvgIpc) is 3.51. The molecule has 3 heterocycles. The Hall–Kier alpha value is -3.32. The Balaban J connectivity index is 1.16. The molecule has 0 saturated carbocycles. The molecule has 3 aromatic carbocycles. The number of ether oxygens (including phenoxy) is 3. The summed E-state index contributed by atoms with van der Waals surface area (Å²) >= 11 is 0. The van der Waals surface area contributed by atoms with Gasteiger partial charge in [0.2, 0.25) is 6.79 Å². The number of nitrogens with zero attached hydrogens (tertiary/aromatic N) is 1. The maximum absolute atomic E-state index is 13.8. The third kappa shape index (κ3) is 3.38. The molecule has 33 heavy (non-hydrogen) atoms. The van der Waals surface area contributed by atoms with E-state index in [1.165, 1.54) is 23.4 Å². The SMILES string of the molecule is Fc1ccc(CNCCCN2CC3(COc4cc5c(cc43)OCO5)c3ccccc32)c(F)c1. The van der Waals surface area contributed by atoms with Gasteiger partial charge in [0.25, 0.3) is 0 Å². The van der Waals surface area contributed by atoms with Crippen LogP contribution in [-0.2, 0) is 12.0 Å². The van der Waals surface area contributed by atoms with E-state index in [0.29, 0.717) is 18.7 Å². The normalized spacial score (nSPS) is 19.6. The van der Waals surface area contributed by atoms with Crippen molar-refractivity contribution in [1.82, 2.24) is 5.32 Å². The highest BCUT2D eigenvalue weighted by atomic mass is 19.1. The quantitative estimate of drug-likeness (QED) is 0.565. The van der Waals surface area contributed by atoms with Crippen molar-refractivity contribution in [2.45, 2.75) is 18.4 Å². The van der Waals surface area contributed by atoms with Crippen molar-refractivity contribution in [3.8, 4) is 17.2 Å². The minimum atomic E-state index is -0.556. The summed E-state index contributed by atoms with van der Waals surface area (Å²) in [6.45, 7) is 3.61. The van der Waals surface area contributed by atoms with E-state index < -0.39 is 11.6 Å². The summed E-state index contributed by atoms with van der Waals surface area (Å²) in [6, 6.07) is 16.2. The molecule has 6 rings (SSSR count). The van der Waals surface area contributed by atoms with Crippen molar-refractivity contribution < 1.29 is 23.0 Å². The Morgan fingerprint density at radius 2 is 1.76 bits per heavy atom. The van der Waals surface area contributed by atoms with Crippen LogP contribution < -0.4 is 24.4 Å². The Kier molecular flexibility index (Phi) is 4.87. The predicted molar refractivity (Wildman–Crippen MR) is 120 cm³/mol. The number of benzene rings is 3. The molecule has 5 nitrogen and oxygen atoms in total. The number of rotatable bonds is 6. The molecule has 7 heteroatoms. The van der Waals surface area contributed by atoms with Gasteiger partial charge in [0.15, 0.2) is 11.5 Å². The number of para-hydroxylation sites is 1. The Labute approximate surface area is 190 Å². The van der Waals surface area contributed by atoms with E-state index in [1.807, 2.05) is 6.07 Å². The Morgan fingerprint density at radius 1 is 0.909 bits per heavy atom. The lowest BCUT2D eigenvalue weighted by atomic mass is 9.77. The predicted octanol–water partition coefficient (Wildman–Crippen LogP) is 4.37. The number of anilines is 1. The summed E-state index contributed by atoms with van der Waals surface area (Å²) in [4.78, 5) is 2.40. The first-order valence-electron chi connectivity index (χ1n) is 11.2. The topological polar surface area (TPSA) is 43.0 Å². The molecule has 1 spiro atoms. The van der Waals surface area contributed by atoms with Crippen LogP contribution in [0.5, 0.6) is 17.2 Å². The second kappa shape index (κ2) is 7.92. The van der Waals surface area contributed by atoms with Crippen molar-refractivity contribution in [2.75, 3.05) is 37.9 Å². The van der Waals surface area contributed by atoms with Crippen molar-refractivity contribution in [1.29, 1.82) is 0 Å². The van der Waals surface area contributed by atoms with Crippen molar-refractivity contribution >= 4 is 5.69 Å². The van der Waals surface area contributed by atoms with Crippen LogP contribution in [0.3, 0.4) is 0 Å². The number of halogens is 2. The Morgan fingerprint density at radius 3 is 2.64 bits per heavy atom. The van der Waals surface area contributed by atoms with Crippen molar-refractivity contribution in [3.05, 3.63) is 82.9 Å². The van der Waals surface area contributed by atoms with E-state index in [4.69, 9.17) is 14.2 Å². The summed E-state index contributed by atoms with van der Waals surface area (Å²) < 4.78 is 44.2. The van der Waals surface area contributed by atoms with Crippen LogP contribution in [0.2, 0.25) is 0 Å². The molecular weight excluding hydrogens is 426 g/mol. The molecule has 1 atom stereocenters. The maximum Gasteiger partial charge on any atom is 0.231 e. The molecule has 1 N–H and O–H groups in total. The number of fused-ring (bicyclic) bond motifs is 5. The number of hydrogen-bond acceptors (Lipinski definition) is 5. The first-order chi connectivity index (χ1) is 16.1. The van der Waals surface area contributed by atoms with Crippen molar-refractivity contribution in [3.63, 3.8) is 0 Å². The summed E-state index contributed by atoms with van der Waals surface area (Å²) in [5.74, 6) is 1.29. The van der Waals surface area contributed by atoms with Gasteiger partial charge in [-0.25, -0.2) is 8.78 Å². The highest BCUT2D eigenvalue weighted by Gasteiger charge is 2.50. The minimum absolute atomic E-state index is 0.239. The third-order valence-corrected chi connectivity index (χ3v) is 6.80. The van der Waals surface area contributed by atoms with Gasteiger partial charge in [0.1, 0.15) is 24.0 Å². The molecule has 3 aromatic rings. The van der Waals surface area contributed by atoms with E-state index in [1.54, 1.807) is 0 Å². The molecule has 170 valence electrons. The van der Waals surface area contributed by atoms with Gasteiger partial charge in [0, 0.05) is 48.6 Å². The molecule has 1 unspecified atom stereocenters. The Bertz CT molecular complexity index is 1220. The first kappa shape index (κ1) is 20.3. The summed E-state index contributed by atoms with van der Waals surface area (Å²) in [7, 11) is 0. The fourth-order valence-electron chi connectivity index (χ4n) is 5.18. The second-order valence-corrected chi connectivity index (χ2v) is 8.78. The monoisotopic (exact) mass is 450 g/mol. The van der Waals surface area contributed by atoms with Gasteiger partial charge in [-0.2, -0.15) is 0 Å². The molecule has 0 bridgehead atoms. The van der Waals surface area contributed by atoms with Gasteiger partial charge >= 0.3 is 0 Å². The van der Waals surface area contributed by atoms with Crippen LogP contribution >= 0.6 is 0 Å². The number of nitrogens with one attached hydrogen (secondary N) is 1. The molecule has 0 aromatic heterocycles. The average molecular weight is 450 g/mol. The lowest BCUT2D eigenvalue weighted by Gasteiger charge is -2.25. The molecule has 0 aliphatic carbocycles. The van der Waals surface area contributed by atoms with Crippen molar-refractivity contribution in [2.24, 2.45) is 0 Å². The van der Waals surface area contributed by atoms with E-state index in [-0.39, 0.29) is 12.2 Å². The smallest absolute Gasteiger partial charge is 0.231 e. The second-order valence-electron chi connectivity index (χ2n) is 8.78. The lowest BCUT2D eigenvalue weighted by Crippen LogP contribution is -2.37. The van der Waals surface area contributed by atoms with E-state index in [9.17, 15) is 8.78 Å². The molecule has 0 radical (unpaired) electrons. The van der Waals surface area contributed by atoms with Crippen LogP contribution in [0.25, 0.3) is 0 Å². The standard InChI is InChI=1S/C26H24F2N2O3/c27-18-7-6-17(21(28)10-18)13-29-8-3-9-30-14-26(19-4-1-2-5-22(19)30)15-31-23-12-25-24(11-20(23)26)32-16-33-25/h1-2,4-7,10-12,29H,3,8-9,13-16H2. The van der Waals surface area contributed by atoms with Crippen LogP contribution in [0, 0.1) is 11.6 Å². The van der Waals surface area contributed by atoms with Gasteiger partial charge < -0.3 is 24.4 Å². The van der Waals surface area contributed by atoms with Gasteiger partial charge in [0.05, 0.1) is 5.41 Å². The summed E-state index contributed by atoms with van der Waals surface area (Å²) in [5, 5.41) is 3.27. The highest BCUT2D eigenvalue weighted by molar-refractivity contribution is 5.70. The molecule has 0 amide bonds. The molecule has 3 aliphatic heterocycles. The molecule has 0 saturated heterocycles. The first-order valence-corrected chi connectivity index (χ1v) is 11.2. The van der Waals surface area contributed by atoms with Crippen LogP contribution in [0.4, 0.5) is 14.5 Å². The third-order valence-electron chi connectivity index (χ3n) is 6.80. The largest absolute Gasteiger partial charge is 0.492 e. The van der Waals surface area contributed by atoms with Gasteiger partial charge in [-0.05, 0) is 36.7 Å². The maximum atomic E-state index is 13.8. The van der Waals surface area contributed by atoms with Gasteiger partial charge in [-0.15, -0.1) is 0 Å². The summed E-state index contributed by atoms with van der Waals surface area (Å²) in [6.07, 6.45) is 0.891. The van der Waals surface area contributed by atoms with Crippen LogP contribution in [0.15, 0.2) is 54.6 Å². The van der Waals surface area contributed by atoms with E-state index in [2.05, 4.69) is 40.5 Å². The van der Waals surface area contributed by atoms with Crippen LogP contribution in [0.1, 0.15) is 23.1 Å². The zero-order chi connectivity index (χ0) is 22.4. The molecule has 0 fully saturated rings.